The molecule has 0 aliphatic heterocycles. The number of fused-ring (bicyclic) bond motifs is 3. The molecule has 0 saturated carbocycles. The zero-order valence-corrected chi connectivity index (χ0v) is 21.6. The lowest BCUT2D eigenvalue weighted by atomic mass is 9.98. The second-order valence-electron chi connectivity index (χ2n) is 9.79. The molecule has 2 aromatic carbocycles. The van der Waals surface area contributed by atoms with Gasteiger partial charge in [0.05, 0.1) is 0 Å². The fourth-order valence-electron chi connectivity index (χ4n) is 5.14. The summed E-state index contributed by atoms with van der Waals surface area (Å²) >= 11 is 0. The number of carboxylic acids is 1. The number of hydrogen-bond donors (Lipinski definition) is 3. The minimum absolute atomic E-state index is 0.0715. The minimum atomic E-state index is -1.12. The number of nitrogens with one attached hydrogen (secondary N) is 2. The second-order valence-corrected chi connectivity index (χ2v) is 9.79. The molecule has 2 aliphatic carbocycles. The maximum atomic E-state index is 12.5. The van der Waals surface area contributed by atoms with Crippen molar-refractivity contribution in [3.05, 3.63) is 71.8 Å². The molecule has 1 unspecified atom stereocenters. The van der Waals surface area contributed by atoms with Crippen LogP contribution in [-0.4, -0.2) is 48.6 Å². The molecule has 0 spiro atoms. The molecular formula is C30H36N2O6. The molecule has 3 N–H and O–H groups in total. The van der Waals surface area contributed by atoms with E-state index in [0.717, 1.165) is 54.4 Å². The molecule has 8 nitrogen and oxygen atoms in total. The van der Waals surface area contributed by atoms with Gasteiger partial charge in [0.15, 0.2) is 0 Å². The first-order valence-electron chi connectivity index (χ1n) is 13.5. The number of rotatable bonds is 10. The normalized spacial score (nSPS) is 18.2. The van der Waals surface area contributed by atoms with E-state index in [2.05, 4.69) is 34.9 Å². The Morgan fingerprint density at radius 1 is 0.895 bits per heavy atom. The first-order chi connectivity index (χ1) is 18.5. The molecule has 0 radical (unpaired) electrons. The molecule has 0 heterocycles. The number of benzene rings is 2. The van der Waals surface area contributed by atoms with Gasteiger partial charge in [-0.1, -0.05) is 60.7 Å². The van der Waals surface area contributed by atoms with Crippen LogP contribution in [0.5, 0.6) is 0 Å². The molecule has 0 fully saturated rings. The Bertz CT molecular complexity index is 1100. The van der Waals surface area contributed by atoms with Gasteiger partial charge >= 0.3 is 18.2 Å². The van der Waals surface area contributed by atoms with Gasteiger partial charge in [-0.15, -0.1) is 0 Å². The number of carbonyl (C=O) groups is 3. The smallest absolute Gasteiger partial charge is 0.407 e. The van der Waals surface area contributed by atoms with Crippen molar-refractivity contribution in [3.63, 3.8) is 0 Å². The van der Waals surface area contributed by atoms with Gasteiger partial charge in [-0.05, 0) is 73.6 Å². The quantitative estimate of drug-likeness (QED) is 0.271. The van der Waals surface area contributed by atoms with Gasteiger partial charge in [0.25, 0.3) is 0 Å². The molecule has 2 amide bonds. The fraction of sp³-hybridized carbons (Fsp3) is 0.433. The molecular weight excluding hydrogens is 484 g/mol. The Morgan fingerprint density at radius 3 is 2.29 bits per heavy atom. The van der Waals surface area contributed by atoms with Crippen molar-refractivity contribution in [2.24, 2.45) is 0 Å². The number of hydrogen-bond acceptors (Lipinski definition) is 5. The van der Waals surface area contributed by atoms with E-state index in [1.54, 1.807) is 0 Å². The molecule has 2 atom stereocenters. The Labute approximate surface area is 223 Å². The average Bonchev–Trinajstić information content (AvgIpc) is 3.21. The van der Waals surface area contributed by atoms with Crippen molar-refractivity contribution >= 4 is 18.2 Å². The number of aliphatic carboxylic acids is 1. The molecule has 202 valence electrons. The van der Waals surface area contributed by atoms with Gasteiger partial charge in [0.2, 0.25) is 0 Å². The number of unbranched alkanes of at least 4 members (excludes halogenated alkanes) is 1. The number of ether oxygens (including phenoxy) is 2. The summed E-state index contributed by atoms with van der Waals surface area (Å²) in [5.74, 6) is -1.22. The van der Waals surface area contributed by atoms with Crippen LogP contribution in [0.3, 0.4) is 0 Å². The van der Waals surface area contributed by atoms with Gasteiger partial charge < -0.3 is 25.2 Å². The summed E-state index contributed by atoms with van der Waals surface area (Å²) in [4.78, 5) is 36.3. The summed E-state index contributed by atoms with van der Waals surface area (Å²) in [5.41, 5.74) is 4.43. The zero-order chi connectivity index (χ0) is 26.7. The average molecular weight is 521 g/mol. The molecule has 38 heavy (non-hydrogen) atoms. The Hall–Kier alpha value is -3.81. The Morgan fingerprint density at radius 2 is 1.58 bits per heavy atom. The van der Waals surface area contributed by atoms with Gasteiger partial charge in [0, 0.05) is 12.5 Å². The maximum absolute atomic E-state index is 12.5. The van der Waals surface area contributed by atoms with E-state index >= 15 is 0 Å². The highest BCUT2D eigenvalue weighted by molar-refractivity contribution is 5.81. The van der Waals surface area contributed by atoms with E-state index in [4.69, 9.17) is 9.47 Å². The predicted molar refractivity (Wildman–Crippen MR) is 144 cm³/mol. The standard InChI is InChI=1S/C30H36N2O6/c33-28(34)27(18-10-11-19-31-29(35)38-21-12-4-2-1-3-5-13-21)32-30(36)37-20-26-24-16-8-6-14-22(24)23-15-7-9-17-25(23)26/h1-2,6-9,14-17,21,26-27H,3-5,10-13,18-20H2,(H,31,35)(H,32,36)(H,33,34)/b2-1-/t21?,27-/m0/s1. The Balaban J connectivity index is 1.17. The van der Waals surface area contributed by atoms with Crippen LogP contribution in [-0.2, 0) is 14.3 Å². The van der Waals surface area contributed by atoms with E-state index in [9.17, 15) is 19.5 Å². The zero-order valence-electron chi connectivity index (χ0n) is 21.6. The van der Waals surface area contributed by atoms with Crippen LogP contribution >= 0.6 is 0 Å². The topological polar surface area (TPSA) is 114 Å². The summed E-state index contributed by atoms with van der Waals surface area (Å²) in [6, 6.07) is 15.0. The third-order valence-corrected chi connectivity index (χ3v) is 7.12. The van der Waals surface area contributed by atoms with Gasteiger partial charge in [0.1, 0.15) is 18.8 Å². The Kier molecular flexibility index (Phi) is 9.78. The van der Waals surface area contributed by atoms with Crippen molar-refractivity contribution < 1.29 is 29.0 Å². The molecule has 8 heteroatoms. The summed E-state index contributed by atoms with van der Waals surface area (Å²) in [6.45, 7) is 0.498. The first kappa shape index (κ1) is 27.2. The number of allylic oxidation sites excluding steroid dienone is 2. The second kappa shape index (κ2) is 13.7. The van der Waals surface area contributed by atoms with Crippen molar-refractivity contribution in [2.45, 2.75) is 69.4 Å². The summed E-state index contributed by atoms with van der Waals surface area (Å²) in [5, 5.41) is 14.8. The van der Waals surface area contributed by atoms with Gasteiger partial charge in [-0.2, -0.15) is 0 Å². The highest BCUT2D eigenvalue weighted by Gasteiger charge is 2.29. The molecule has 0 saturated heterocycles. The first-order valence-corrected chi connectivity index (χ1v) is 13.5. The van der Waals surface area contributed by atoms with E-state index in [1.165, 1.54) is 0 Å². The molecule has 4 rings (SSSR count). The maximum Gasteiger partial charge on any atom is 0.407 e. The van der Waals surface area contributed by atoms with Crippen LogP contribution in [0.4, 0.5) is 9.59 Å². The van der Waals surface area contributed by atoms with Crippen LogP contribution in [0.25, 0.3) is 11.1 Å². The van der Waals surface area contributed by atoms with Crippen LogP contribution in [0.15, 0.2) is 60.7 Å². The number of alkyl carbamates (subject to hydrolysis) is 2. The number of amides is 2. The monoisotopic (exact) mass is 520 g/mol. The molecule has 2 aromatic rings. The van der Waals surface area contributed by atoms with Crippen LogP contribution in [0.2, 0.25) is 0 Å². The van der Waals surface area contributed by atoms with Gasteiger partial charge in [-0.25, -0.2) is 14.4 Å². The number of carbonyl (C=O) groups excluding carboxylic acids is 2. The third kappa shape index (κ3) is 7.37. The van der Waals surface area contributed by atoms with Crippen molar-refractivity contribution in [1.82, 2.24) is 10.6 Å². The third-order valence-electron chi connectivity index (χ3n) is 7.12. The summed E-state index contributed by atoms with van der Waals surface area (Å²) < 4.78 is 11.0. The van der Waals surface area contributed by atoms with E-state index in [0.29, 0.717) is 19.4 Å². The predicted octanol–water partition coefficient (Wildman–Crippen LogP) is 5.76. The molecule has 0 bridgehead atoms. The fourth-order valence-corrected chi connectivity index (χ4v) is 5.14. The lowest BCUT2D eigenvalue weighted by molar-refractivity contribution is -0.139. The van der Waals surface area contributed by atoms with Crippen LogP contribution in [0.1, 0.15) is 68.4 Å². The van der Waals surface area contributed by atoms with Crippen LogP contribution in [0, 0.1) is 0 Å². The van der Waals surface area contributed by atoms with E-state index in [1.807, 2.05) is 36.4 Å². The highest BCUT2D eigenvalue weighted by atomic mass is 16.6. The summed E-state index contributed by atoms with van der Waals surface area (Å²) in [6.07, 6.45) is 8.94. The molecule has 2 aliphatic rings. The minimum Gasteiger partial charge on any atom is -0.480 e. The van der Waals surface area contributed by atoms with Crippen molar-refractivity contribution in [3.8, 4) is 11.1 Å². The lowest BCUT2D eigenvalue weighted by Crippen LogP contribution is -2.41. The van der Waals surface area contributed by atoms with Crippen molar-refractivity contribution in [2.75, 3.05) is 13.2 Å². The SMILES string of the molecule is O=C(N[C@@H](CCCCNC(=O)OC1CC/C=C\CCC1)C(=O)O)OCC1c2ccccc2-c2ccccc21. The van der Waals surface area contributed by atoms with E-state index < -0.39 is 24.2 Å². The van der Waals surface area contributed by atoms with Crippen molar-refractivity contribution in [1.29, 1.82) is 0 Å². The summed E-state index contributed by atoms with van der Waals surface area (Å²) in [7, 11) is 0. The number of carboxylic acid groups (broad SMARTS) is 1. The van der Waals surface area contributed by atoms with Crippen LogP contribution < -0.4 is 10.6 Å². The molecule has 0 aromatic heterocycles. The lowest BCUT2D eigenvalue weighted by Gasteiger charge is -2.19. The van der Waals surface area contributed by atoms with Gasteiger partial charge in [-0.3, -0.25) is 0 Å². The van der Waals surface area contributed by atoms with E-state index in [-0.39, 0.29) is 25.0 Å². The largest absolute Gasteiger partial charge is 0.480 e. The highest BCUT2D eigenvalue weighted by Crippen LogP contribution is 2.44.